The highest BCUT2D eigenvalue weighted by Gasteiger charge is 2.29. The third-order valence-corrected chi connectivity index (χ3v) is 8.43. The van der Waals surface area contributed by atoms with Crippen molar-refractivity contribution < 1.29 is 18.0 Å². The molecule has 1 aromatic carbocycles. The zero-order valence-electron chi connectivity index (χ0n) is 18.3. The van der Waals surface area contributed by atoms with Crippen LogP contribution in [0, 0.1) is 5.92 Å². The lowest BCUT2D eigenvalue weighted by molar-refractivity contribution is -0.132. The molecular formula is C23H33N3O4S. The number of hydrogen-bond donors (Lipinski definition) is 1. The lowest BCUT2D eigenvalue weighted by atomic mass is 9.88. The van der Waals surface area contributed by atoms with E-state index in [-0.39, 0.29) is 35.6 Å². The van der Waals surface area contributed by atoms with Gasteiger partial charge in [0, 0.05) is 44.2 Å². The molecule has 2 amide bonds. The van der Waals surface area contributed by atoms with Gasteiger partial charge in [0.05, 0.1) is 4.90 Å². The number of benzene rings is 1. The zero-order chi connectivity index (χ0) is 22.0. The molecule has 2 heterocycles. The van der Waals surface area contributed by atoms with E-state index < -0.39 is 10.0 Å². The normalized spacial score (nSPS) is 23.8. The fourth-order valence-electron chi connectivity index (χ4n) is 4.94. The minimum atomic E-state index is -3.57. The highest BCUT2D eigenvalue weighted by atomic mass is 32.2. The van der Waals surface area contributed by atoms with Gasteiger partial charge in [0.15, 0.2) is 0 Å². The predicted molar refractivity (Wildman–Crippen MR) is 119 cm³/mol. The molecule has 1 saturated heterocycles. The zero-order valence-corrected chi connectivity index (χ0v) is 19.1. The lowest BCUT2D eigenvalue weighted by Crippen LogP contribution is -2.37. The number of anilines is 1. The Balaban J connectivity index is 1.38. The number of nitrogens with one attached hydrogen (secondary N) is 1. The van der Waals surface area contributed by atoms with Crippen LogP contribution in [0.25, 0.3) is 0 Å². The van der Waals surface area contributed by atoms with Gasteiger partial charge in [-0.2, -0.15) is 0 Å². The molecule has 1 saturated carbocycles. The van der Waals surface area contributed by atoms with Crippen LogP contribution < -0.4 is 9.62 Å². The molecule has 1 N–H and O–H groups in total. The number of carbonyl (C=O) groups is 2. The Morgan fingerprint density at radius 3 is 2.39 bits per heavy atom. The molecule has 4 rings (SSSR count). The van der Waals surface area contributed by atoms with Crippen LogP contribution in [0.2, 0.25) is 0 Å². The Labute approximate surface area is 185 Å². The van der Waals surface area contributed by atoms with Crippen molar-refractivity contribution in [3.05, 3.63) is 23.8 Å². The van der Waals surface area contributed by atoms with Crippen LogP contribution in [0.15, 0.2) is 23.1 Å². The minimum absolute atomic E-state index is 0.000625. The molecule has 1 aromatic rings. The third-order valence-electron chi connectivity index (χ3n) is 6.91. The molecule has 0 spiro atoms. The van der Waals surface area contributed by atoms with E-state index in [1.807, 2.05) is 4.90 Å². The Hall–Kier alpha value is -1.93. The van der Waals surface area contributed by atoms with Gasteiger partial charge in [-0.1, -0.05) is 6.92 Å². The number of amides is 2. The van der Waals surface area contributed by atoms with E-state index in [1.165, 1.54) is 0 Å². The number of sulfonamides is 1. The third kappa shape index (κ3) is 5.12. The van der Waals surface area contributed by atoms with Gasteiger partial charge in [-0.3, -0.25) is 9.59 Å². The van der Waals surface area contributed by atoms with Crippen LogP contribution in [0.1, 0.15) is 63.9 Å². The fourth-order valence-corrected chi connectivity index (χ4v) is 6.30. The van der Waals surface area contributed by atoms with Gasteiger partial charge >= 0.3 is 0 Å². The Kier molecular flexibility index (Phi) is 6.67. The molecule has 0 unspecified atom stereocenters. The number of carbonyl (C=O) groups excluding carboxylic acids is 2. The summed E-state index contributed by atoms with van der Waals surface area (Å²) in [5.41, 5.74) is 1.64. The molecule has 2 fully saturated rings. The van der Waals surface area contributed by atoms with E-state index in [2.05, 4.69) is 11.6 Å². The second-order valence-corrected chi connectivity index (χ2v) is 11.0. The van der Waals surface area contributed by atoms with Gasteiger partial charge in [-0.15, -0.1) is 0 Å². The van der Waals surface area contributed by atoms with E-state index in [9.17, 15) is 18.0 Å². The number of likely N-dealkylation sites (tertiary alicyclic amines) is 1. The topological polar surface area (TPSA) is 86.8 Å². The molecule has 2 aliphatic heterocycles. The maximum atomic E-state index is 12.9. The molecule has 31 heavy (non-hydrogen) atoms. The van der Waals surface area contributed by atoms with Crippen molar-refractivity contribution in [3.8, 4) is 0 Å². The Morgan fingerprint density at radius 2 is 1.68 bits per heavy atom. The summed E-state index contributed by atoms with van der Waals surface area (Å²) in [6, 6.07) is 5.03. The highest BCUT2D eigenvalue weighted by Crippen LogP contribution is 2.31. The van der Waals surface area contributed by atoms with Crippen LogP contribution in [0.4, 0.5) is 5.69 Å². The van der Waals surface area contributed by atoms with Crippen molar-refractivity contribution in [1.82, 2.24) is 9.62 Å². The molecule has 0 radical (unpaired) electrons. The number of hydrogen-bond acceptors (Lipinski definition) is 4. The first-order chi connectivity index (χ1) is 14.8. The first-order valence-corrected chi connectivity index (χ1v) is 13.1. The molecule has 8 heteroatoms. The molecule has 0 bridgehead atoms. The number of nitrogens with zero attached hydrogens (tertiary/aromatic N) is 2. The van der Waals surface area contributed by atoms with Crippen LogP contribution in [0.3, 0.4) is 0 Å². The molecule has 3 aliphatic rings. The van der Waals surface area contributed by atoms with E-state index in [0.29, 0.717) is 18.9 Å². The summed E-state index contributed by atoms with van der Waals surface area (Å²) in [6.07, 6.45) is 7.00. The summed E-state index contributed by atoms with van der Waals surface area (Å²) < 4.78 is 28.6. The first kappa shape index (κ1) is 22.3. The van der Waals surface area contributed by atoms with E-state index >= 15 is 0 Å². The quantitative estimate of drug-likeness (QED) is 0.727. The van der Waals surface area contributed by atoms with Crippen molar-refractivity contribution in [1.29, 1.82) is 0 Å². The van der Waals surface area contributed by atoms with Crippen molar-refractivity contribution in [2.45, 2.75) is 75.6 Å². The molecule has 0 atom stereocenters. The maximum absolute atomic E-state index is 12.9. The van der Waals surface area contributed by atoms with Gasteiger partial charge in [-0.05, 0) is 74.6 Å². The fraction of sp³-hybridized carbons (Fsp3) is 0.652. The standard InChI is InChI=1S/C23H33N3O4S/c1-17-4-6-19(7-5-17)24-31(29,30)20-8-9-21-18(16-20)12-15-26(21)23(28)11-10-22(27)25-13-2-3-14-25/h8-9,16-17,19,24H,2-7,10-15H2,1H3. The molecule has 170 valence electrons. The summed E-state index contributed by atoms with van der Waals surface area (Å²) in [7, 11) is -3.57. The number of rotatable bonds is 6. The van der Waals surface area contributed by atoms with Gasteiger partial charge in [0.1, 0.15) is 0 Å². The number of fused-ring (bicyclic) bond motifs is 1. The van der Waals surface area contributed by atoms with Crippen molar-refractivity contribution in [2.24, 2.45) is 5.92 Å². The van der Waals surface area contributed by atoms with Crippen LogP contribution in [-0.2, 0) is 26.0 Å². The SMILES string of the molecule is CC1CCC(NS(=O)(=O)c2ccc3c(c2)CCN3C(=O)CCC(=O)N2CCCC2)CC1. The average Bonchev–Trinajstić information content (AvgIpc) is 3.43. The molecule has 0 aromatic heterocycles. The minimum Gasteiger partial charge on any atom is -0.343 e. The summed E-state index contributed by atoms with van der Waals surface area (Å²) in [5.74, 6) is 0.640. The average molecular weight is 448 g/mol. The maximum Gasteiger partial charge on any atom is 0.240 e. The molecule has 7 nitrogen and oxygen atoms in total. The van der Waals surface area contributed by atoms with Crippen LogP contribution in [-0.4, -0.2) is 50.8 Å². The van der Waals surface area contributed by atoms with Gasteiger partial charge in [0.2, 0.25) is 21.8 Å². The van der Waals surface area contributed by atoms with E-state index in [4.69, 9.17) is 0 Å². The lowest BCUT2D eigenvalue weighted by Gasteiger charge is -2.26. The van der Waals surface area contributed by atoms with Gasteiger partial charge in [0.25, 0.3) is 0 Å². The summed E-state index contributed by atoms with van der Waals surface area (Å²) in [6.45, 7) is 4.33. The van der Waals surface area contributed by atoms with Crippen molar-refractivity contribution in [2.75, 3.05) is 24.5 Å². The monoisotopic (exact) mass is 447 g/mol. The van der Waals surface area contributed by atoms with E-state index in [0.717, 1.165) is 62.9 Å². The molecule has 1 aliphatic carbocycles. The smallest absolute Gasteiger partial charge is 0.240 e. The Bertz CT molecular complexity index is 932. The predicted octanol–water partition coefficient (Wildman–Crippen LogP) is 2.84. The summed E-state index contributed by atoms with van der Waals surface area (Å²) >= 11 is 0. The van der Waals surface area contributed by atoms with Crippen LogP contribution >= 0.6 is 0 Å². The van der Waals surface area contributed by atoms with E-state index in [1.54, 1.807) is 23.1 Å². The Morgan fingerprint density at radius 1 is 1.00 bits per heavy atom. The van der Waals surface area contributed by atoms with Gasteiger partial charge < -0.3 is 9.80 Å². The highest BCUT2D eigenvalue weighted by molar-refractivity contribution is 7.89. The summed E-state index contributed by atoms with van der Waals surface area (Å²) in [5, 5.41) is 0. The molecular weight excluding hydrogens is 414 g/mol. The second kappa shape index (κ2) is 9.28. The van der Waals surface area contributed by atoms with Crippen LogP contribution in [0.5, 0.6) is 0 Å². The van der Waals surface area contributed by atoms with Crippen molar-refractivity contribution in [3.63, 3.8) is 0 Å². The largest absolute Gasteiger partial charge is 0.343 e. The first-order valence-electron chi connectivity index (χ1n) is 11.6. The second-order valence-electron chi connectivity index (χ2n) is 9.25. The van der Waals surface area contributed by atoms with Gasteiger partial charge in [-0.25, -0.2) is 13.1 Å². The summed E-state index contributed by atoms with van der Waals surface area (Å²) in [4.78, 5) is 28.7. The van der Waals surface area contributed by atoms with Crippen molar-refractivity contribution >= 4 is 27.5 Å².